The molecular formula is C17H31N3O2. The lowest BCUT2D eigenvalue weighted by molar-refractivity contribution is -0.134. The number of hydrogen-bond donors (Lipinski definition) is 2. The second kappa shape index (κ2) is 9.13. The highest BCUT2D eigenvalue weighted by Gasteiger charge is 2.26. The summed E-state index contributed by atoms with van der Waals surface area (Å²) >= 11 is 0. The van der Waals surface area contributed by atoms with Gasteiger partial charge in [0.1, 0.15) is 0 Å². The second-order valence-electron chi connectivity index (χ2n) is 6.72. The van der Waals surface area contributed by atoms with Gasteiger partial charge in [-0.3, -0.25) is 9.59 Å². The molecule has 1 aliphatic heterocycles. The number of hydrogen-bond acceptors (Lipinski definition) is 3. The van der Waals surface area contributed by atoms with Gasteiger partial charge in [-0.1, -0.05) is 26.2 Å². The van der Waals surface area contributed by atoms with Crippen molar-refractivity contribution in [2.45, 2.75) is 64.3 Å². The van der Waals surface area contributed by atoms with Crippen LogP contribution < -0.4 is 10.6 Å². The zero-order chi connectivity index (χ0) is 15.8. The van der Waals surface area contributed by atoms with Gasteiger partial charge in [-0.05, 0) is 38.1 Å². The van der Waals surface area contributed by atoms with Gasteiger partial charge >= 0.3 is 0 Å². The molecule has 0 aromatic heterocycles. The van der Waals surface area contributed by atoms with Crippen LogP contribution in [0.1, 0.15) is 58.3 Å². The van der Waals surface area contributed by atoms with Crippen molar-refractivity contribution in [3.8, 4) is 0 Å². The Morgan fingerprint density at radius 2 is 1.95 bits per heavy atom. The van der Waals surface area contributed by atoms with Crippen molar-refractivity contribution in [3.05, 3.63) is 0 Å². The van der Waals surface area contributed by atoms with E-state index in [1.165, 1.54) is 19.3 Å². The van der Waals surface area contributed by atoms with Crippen molar-refractivity contribution in [3.63, 3.8) is 0 Å². The topological polar surface area (TPSA) is 61.4 Å². The first kappa shape index (κ1) is 17.3. The molecule has 1 unspecified atom stereocenters. The number of carbonyl (C=O) groups excluding carboxylic acids is 2. The Balaban J connectivity index is 1.73. The SMILES string of the molecule is CCCN(C(=O)CNC(=O)CC1CCCCC1)C1CCNC1. The smallest absolute Gasteiger partial charge is 0.242 e. The minimum atomic E-state index is 0.0428. The van der Waals surface area contributed by atoms with Crippen molar-refractivity contribution >= 4 is 11.8 Å². The largest absolute Gasteiger partial charge is 0.347 e. The summed E-state index contributed by atoms with van der Waals surface area (Å²) in [6.45, 7) is 4.88. The molecule has 1 atom stereocenters. The molecule has 5 heteroatoms. The van der Waals surface area contributed by atoms with Gasteiger partial charge in [-0.15, -0.1) is 0 Å². The summed E-state index contributed by atoms with van der Waals surface area (Å²) < 4.78 is 0. The van der Waals surface area contributed by atoms with Crippen molar-refractivity contribution < 1.29 is 9.59 Å². The Morgan fingerprint density at radius 3 is 2.59 bits per heavy atom. The van der Waals surface area contributed by atoms with E-state index in [1.54, 1.807) is 0 Å². The molecule has 22 heavy (non-hydrogen) atoms. The molecule has 0 aromatic carbocycles. The second-order valence-corrected chi connectivity index (χ2v) is 6.72. The fourth-order valence-corrected chi connectivity index (χ4v) is 3.66. The monoisotopic (exact) mass is 309 g/mol. The average Bonchev–Trinajstić information content (AvgIpc) is 3.05. The summed E-state index contributed by atoms with van der Waals surface area (Å²) in [6, 6.07) is 0.294. The molecule has 2 N–H and O–H groups in total. The van der Waals surface area contributed by atoms with Gasteiger partial charge in [0.2, 0.25) is 11.8 Å². The van der Waals surface area contributed by atoms with Crippen LogP contribution in [0, 0.1) is 5.92 Å². The quantitative estimate of drug-likeness (QED) is 0.752. The normalized spacial score (nSPS) is 22.5. The maximum Gasteiger partial charge on any atom is 0.242 e. The van der Waals surface area contributed by atoms with E-state index >= 15 is 0 Å². The Labute approximate surface area is 134 Å². The first-order valence-electron chi connectivity index (χ1n) is 8.97. The molecule has 126 valence electrons. The Kier molecular flexibility index (Phi) is 7.16. The first-order valence-corrected chi connectivity index (χ1v) is 8.97. The molecule has 2 amide bonds. The van der Waals surface area contributed by atoms with Gasteiger partial charge < -0.3 is 15.5 Å². The van der Waals surface area contributed by atoms with Crippen LogP contribution in [0.4, 0.5) is 0 Å². The fraction of sp³-hybridized carbons (Fsp3) is 0.882. The molecule has 5 nitrogen and oxygen atoms in total. The predicted molar refractivity (Wildman–Crippen MR) is 87.5 cm³/mol. The molecule has 0 bridgehead atoms. The van der Waals surface area contributed by atoms with Crippen molar-refractivity contribution in [2.24, 2.45) is 5.92 Å². The van der Waals surface area contributed by atoms with E-state index < -0.39 is 0 Å². The summed E-state index contributed by atoms with van der Waals surface area (Å²) in [5, 5.41) is 6.15. The van der Waals surface area contributed by atoms with Crippen LogP contribution in [-0.4, -0.2) is 48.9 Å². The Morgan fingerprint density at radius 1 is 1.18 bits per heavy atom. The zero-order valence-corrected chi connectivity index (χ0v) is 13.9. The lowest BCUT2D eigenvalue weighted by Gasteiger charge is -2.28. The lowest BCUT2D eigenvalue weighted by Crippen LogP contribution is -2.47. The van der Waals surface area contributed by atoms with Gasteiger partial charge in [0.05, 0.1) is 6.54 Å². The minimum absolute atomic E-state index is 0.0428. The van der Waals surface area contributed by atoms with Gasteiger partial charge in [0.15, 0.2) is 0 Å². The van der Waals surface area contributed by atoms with Gasteiger partial charge in [0.25, 0.3) is 0 Å². The lowest BCUT2D eigenvalue weighted by atomic mass is 9.87. The summed E-state index contributed by atoms with van der Waals surface area (Å²) in [6.07, 6.45) is 8.68. The highest BCUT2D eigenvalue weighted by Crippen LogP contribution is 2.26. The third kappa shape index (κ3) is 5.27. The third-order valence-electron chi connectivity index (χ3n) is 4.90. The standard InChI is InChI=1S/C17H31N3O2/c1-2-10-20(15-8-9-18-12-15)17(22)13-19-16(21)11-14-6-4-3-5-7-14/h14-15,18H,2-13H2,1H3,(H,19,21). The van der Waals surface area contributed by atoms with Crippen molar-refractivity contribution in [1.82, 2.24) is 15.5 Å². The third-order valence-corrected chi connectivity index (χ3v) is 4.90. The molecule has 1 saturated carbocycles. The maximum atomic E-state index is 12.4. The number of rotatable bonds is 7. The van der Waals surface area contributed by atoms with Crippen LogP contribution in [0.5, 0.6) is 0 Å². The molecule has 2 rings (SSSR count). The molecule has 0 aromatic rings. The molecule has 1 saturated heterocycles. The van der Waals surface area contributed by atoms with Crippen LogP contribution in [0.3, 0.4) is 0 Å². The van der Waals surface area contributed by atoms with Crippen LogP contribution >= 0.6 is 0 Å². The number of nitrogens with one attached hydrogen (secondary N) is 2. The molecule has 1 heterocycles. The van der Waals surface area contributed by atoms with E-state index in [9.17, 15) is 9.59 Å². The number of carbonyl (C=O) groups is 2. The molecule has 1 aliphatic carbocycles. The van der Waals surface area contributed by atoms with Crippen LogP contribution in [-0.2, 0) is 9.59 Å². The predicted octanol–water partition coefficient (Wildman–Crippen LogP) is 1.67. The van der Waals surface area contributed by atoms with Gasteiger partial charge in [-0.2, -0.15) is 0 Å². The Bertz CT molecular complexity index is 361. The molecular weight excluding hydrogens is 278 g/mol. The molecule has 0 radical (unpaired) electrons. The van der Waals surface area contributed by atoms with E-state index in [0.717, 1.165) is 45.3 Å². The van der Waals surface area contributed by atoms with Crippen molar-refractivity contribution in [2.75, 3.05) is 26.2 Å². The van der Waals surface area contributed by atoms with E-state index in [1.807, 2.05) is 4.90 Å². The number of nitrogens with zero attached hydrogens (tertiary/aromatic N) is 1. The van der Waals surface area contributed by atoms with Gasteiger partial charge in [-0.25, -0.2) is 0 Å². The maximum absolute atomic E-state index is 12.4. The van der Waals surface area contributed by atoms with E-state index in [0.29, 0.717) is 18.4 Å². The summed E-state index contributed by atoms with van der Waals surface area (Å²) in [4.78, 5) is 26.4. The Hall–Kier alpha value is -1.10. The fourth-order valence-electron chi connectivity index (χ4n) is 3.66. The van der Waals surface area contributed by atoms with E-state index in [-0.39, 0.29) is 18.4 Å². The van der Waals surface area contributed by atoms with Crippen molar-refractivity contribution in [1.29, 1.82) is 0 Å². The molecule has 2 aliphatic rings. The first-order chi connectivity index (χ1) is 10.7. The zero-order valence-electron chi connectivity index (χ0n) is 13.9. The summed E-state index contributed by atoms with van der Waals surface area (Å²) in [5.74, 6) is 0.628. The van der Waals surface area contributed by atoms with Gasteiger partial charge in [0, 0.05) is 25.6 Å². The van der Waals surface area contributed by atoms with Crippen LogP contribution in [0.15, 0.2) is 0 Å². The highest BCUT2D eigenvalue weighted by atomic mass is 16.2. The van der Waals surface area contributed by atoms with E-state index in [4.69, 9.17) is 0 Å². The van der Waals surface area contributed by atoms with Crippen LogP contribution in [0.25, 0.3) is 0 Å². The molecule has 0 spiro atoms. The van der Waals surface area contributed by atoms with Crippen LogP contribution in [0.2, 0.25) is 0 Å². The molecule has 2 fully saturated rings. The highest BCUT2D eigenvalue weighted by molar-refractivity contribution is 5.85. The summed E-state index contributed by atoms with van der Waals surface area (Å²) in [7, 11) is 0. The number of amides is 2. The van der Waals surface area contributed by atoms with E-state index in [2.05, 4.69) is 17.6 Å². The average molecular weight is 309 g/mol. The summed E-state index contributed by atoms with van der Waals surface area (Å²) in [5.41, 5.74) is 0. The minimum Gasteiger partial charge on any atom is -0.347 e.